The van der Waals surface area contributed by atoms with Crippen molar-refractivity contribution in [2.24, 2.45) is 0 Å². The number of hydrogen-bond donors (Lipinski definition) is 0. The lowest BCUT2D eigenvalue weighted by Gasteiger charge is -2.37. The van der Waals surface area contributed by atoms with E-state index in [9.17, 15) is 33.6 Å². The zero-order valence-corrected chi connectivity index (χ0v) is 21.6. The van der Waals surface area contributed by atoms with Gasteiger partial charge in [0.2, 0.25) is 6.10 Å². The molecule has 0 radical (unpaired) electrons. The molecule has 0 aliphatic carbocycles. The molecule has 0 aromatic heterocycles. The van der Waals surface area contributed by atoms with Crippen LogP contribution in [0.25, 0.3) is 0 Å². The van der Waals surface area contributed by atoms with Crippen molar-refractivity contribution < 1.29 is 71.5 Å². The zero-order chi connectivity index (χ0) is 29.3. The average molecular weight is 552 g/mol. The first-order valence-electron chi connectivity index (χ1n) is 11.3. The third-order valence-corrected chi connectivity index (χ3v) is 5.25. The number of benzene rings is 1. The Hall–Kier alpha value is -4.69. The number of cyclic esters (lactones) is 1. The van der Waals surface area contributed by atoms with E-state index in [1.54, 1.807) is 0 Å². The first kappa shape index (κ1) is 28.9. The van der Waals surface area contributed by atoms with E-state index in [2.05, 4.69) is 0 Å². The van der Waals surface area contributed by atoms with Crippen LogP contribution in [-0.2, 0) is 62.8 Å². The van der Waals surface area contributed by atoms with Gasteiger partial charge >= 0.3 is 53.2 Å². The fourth-order valence-corrected chi connectivity index (χ4v) is 4.30. The molecule has 0 spiro atoms. The normalized spacial score (nSPS) is 23.1. The van der Waals surface area contributed by atoms with Gasteiger partial charge in [0.15, 0.2) is 6.10 Å². The molecular weight excluding hydrogens is 528 g/mol. The number of rotatable bonds is 8. The summed E-state index contributed by atoms with van der Waals surface area (Å²) in [6.45, 7) is 5.31. The van der Waals surface area contributed by atoms with Crippen molar-refractivity contribution in [3.63, 3.8) is 0 Å². The molecule has 2 heterocycles. The molecule has 0 N–H and O–H groups in total. The first-order chi connectivity index (χ1) is 18.1. The predicted molar refractivity (Wildman–Crippen MR) is 120 cm³/mol. The summed E-state index contributed by atoms with van der Waals surface area (Å²) in [7, 11) is 0. The van der Waals surface area contributed by atoms with Gasteiger partial charge < -0.3 is 37.9 Å². The summed E-state index contributed by atoms with van der Waals surface area (Å²) in [5, 5.41) is 0. The standard InChI is InChI=1S/C24H24O15/c1-10(25)32-9-19(35-13(4)28)21-24(38-15(6)30)23(22(31)36-21,37-14(5)29)20-17(34-12(3)27)7-16(33-11(2)26)8-18(20)39-24/h7-8,19,21H,9H2,1-6H3. The lowest BCUT2D eigenvalue weighted by molar-refractivity contribution is -0.272. The summed E-state index contributed by atoms with van der Waals surface area (Å²) >= 11 is 0. The van der Waals surface area contributed by atoms with E-state index in [4.69, 9.17) is 37.9 Å². The zero-order valence-electron chi connectivity index (χ0n) is 21.6. The highest BCUT2D eigenvalue weighted by atomic mass is 16.8. The molecule has 0 bridgehead atoms. The maximum Gasteiger partial charge on any atom is 0.365 e. The second-order valence-electron chi connectivity index (χ2n) is 8.40. The predicted octanol–water partition coefficient (Wildman–Crippen LogP) is 0.368. The highest BCUT2D eigenvalue weighted by Gasteiger charge is 2.83. The number of carbonyl (C=O) groups excluding carboxylic acids is 7. The van der Waals surface area contributed by atoms with Gasteiger partial charge in [-0.25, -0.2) is 4.79 Å². The van der Waals surface area contributed by atoms with Crippen molar-refractivity contribution in [2.45, 2.75) is 65.1 Å². The number of carbonyl (C=O) groups is 7. The van der Waals surface area contributed by atoms with Crippen molar-refractivity contribution in [2.75, 3.05) is 6.61 Å². The minimum Gasteiger partial charge on any atom is -0.462 e. The Bertz CT molecular complexity index is 1270. The Morgan fingerprint density at radius 2 is 1.44 bits per heavy atom. The van der Waals surface area contributed by atoms with Gasteiger partial charge in [-0.05, 0) is 0 Å². The van der Waals surface area contributed by atoms with E-state index in [1.165, 1.54) is 0 Å². The lowest BCUT2D eigenvalue weighted by atomic mass is 9.84. The van der Waals surface area contributed by atoms with Crippen molar-refractivity contribution in [3.05, 3.63) is 17.7 Å². The summed E-state index contributed by atoms with van der Waals surface area (Å²) < 4.78 is 42.8. The highest BCUT2D eigenvalue weighted by Crippen LogP contribution is 2.61. The fourth-order valence-electron chi connectivity index (χ4n) is 4.30. The molecule has 39 heavy (non-hydrogen) atoms. The lowest BCUT2D eigenvalue weighted by Crippen LogP contribution is -2.63. The van der Waals surface area contributed by atoms with Gasteiger partial charge in [-0.15, -0.1) is 0 Å². The molecule has 1 aromatic rings. The van der Waals surface area contributed by atoms with Gasteiger partial charge in [0, 0.05) is 53.7 Å². The van der Waals surface area contributed by atoms with E-state index in [0.29, 0.717) is 0 Å². The molecule has 2 aliphatic rings. The van der Waals surface area contributed by atoms with Crippen LogP contribution in [0.15, 0.2) is 12.1 Å². The van der Waals surface area contributed by atoms with Gasteiger partial charge in [0.05, 0.1) is 0 Å². The highest BCUT2D eigenvalue weighted by molar-refractivity contribution is 5.93. The summed E-state index contributed by atoms with van der Waals surface area (Å²) in [4.78, 5) is 85.4. The van der Waals surface area contributed by atoms with E-state index >= 15 is 0 Å². The van der Waals surface area contributed by atoms with Crippen LogP contribution in [0.4, 0.5) is 0 Å². The van der Waals surface area contributed by atoms with Gasteiger partial charge in [-0.3, -0.25) is 28.8 Å². The van der Waals surface area contributed by atoms with E-state index in [1.807, 2.05) is 0 Å². The van der Waals surface area contributed by atoms with E-state index in [0.717, 1.165) is 53.7 Å². The maximum absolute atomic E-state index is 13.7. The van der Waals surface area contributed by atoms with Crippen molar-refractivity contribution in [1.82, 2.24) is 0 Å². The molecular formula is C24H24O15. The van der Waals surface area contributed by atoms with Crippen LogP contribution >= 0.6 is 0 Å². The number of esters is 7. The van der Waals surface area contributed by atoms with Crippen molar-refractivity contribution in [1.29, 1.82) is 0 Å². The molecule has 3 rings (SSSR count). The molecule has 0 amide bonds. The van der Waals surface area contributed by atoms with Crippen LogP contribution in [0.2, 0.25) is 0 Å². The number of ether oxygens (including phenoxy) is 8. The van der Waals surface area contributed by atoms with Gasteiger partial charge in [0.25, 0.3) is 0 Å². The second kappa shape index (κ2) is 10.6. The van der Waals surface area contributed by atoms with Crippen LogP contribution in [0.1, 0.15) is 47.1 Å². The first-order valence-corrected chi connectivity index (χ1v) is 11.3. The number of hydrogen-bond acceptors (Lipinski definition) is 15. The summed E-state index contributed by atoms with van der Waals surface area (Å²) in [6.07, 6.45) is -3.57. The summed E-state index contributed by atoms with van der Waals surface area (Å²) in [5.41, 5.74) is -3.23. The molecule has 1 saturated heterocycles. The van der Waals surface area contributed by atoms with Gasteiger partial charge in [0.1, 0.15) is 29.4 Å². The van der Waals surface area contributed by atoms with Crippen LogP contribution in [0.5, 0.6) is 17.2 Å². The Balaban J connectivity index is 2.37. The van der Waals surface area contributed by atoms with E-state index in [-0.39, 0.29) is 11.5 Å². The summed E-state index contributed by atoms with van der Waals surface area (Å²) in [5.74, 6) is -10.8. The largest absolute Gasteiger partial charge is 0.462 e. The Kier molecular flexibility index (Phi) is 7.84. The van der Waals surface area contributed by atoms with Crippen LogP contribution in [0.3, 0.4) is 0 Å². The minimum absolute atomic E-state index is 0.227. The third kappa shape index (κ3) is 5.32. The Labute approximate surface area is 220 Å². The van der Waals surface area contributed by atoms with Gasteiger partial charge in [-0.1, -0.05) is 0 Å². The molecule has 1 fully saturated rings. The van der Waals surface area contributed by atoms with Crippen LogP contribution in [0, 0.1) is 0 Å². The monoisotopic (exact) mass is 552 g/mol. The smallest absolute Gasteiger partial charge is 0.365 e. The quantitative estimate of drug-likeness (QED) is 0.244. The van der Waals surface area contributed by atoms with Gasteiger partial charge in [-0.2, -0.15) is 0 Å². The second-order valence-corrected chi connectivity index (χ2v) is 8.40. The SMILES string of the molecule is CC(=O)OCC(OC(C)=O)C1OC(=O)C2(OC(C)=O)c3c(OC(C)=O)cc(OC(C)=O)cc3OC12OC(C)=O. The molecule has 15 nitrogen and oxygen atoms in total. The third-order valence-electron chi connectivity index (χ3n) is 5.25. The number of fused-ring (bicyclic) bond motifs is 3. The maximum atomic E-state index is 13.7. The van der Waals surface area contributed by atoms with Crippen LogP contribution in [-0.4, -0.2) is 66.4 Å². The minimum atomic E-state index is -2.79. The molecule has 210 valence electrons. The Morgan fingerprint density at radius 1 is 0.821 bits per heavy atom. The van der Waals surface area contributed by atoms with E-state index < -0.39 is 83.3 Å². The Morgan fingerprint density at radius 3 is 1.95 bits per heavy atom. The fraction of sp³-hybridized carbons (Fsp3) is 0.458. The molecule has 4 atom stereocenters. The molecule has 1 aromatic carbocycles. The van der Waals surface area contributed by atoms with Crippen molar-refractivity contribution >= 4 is 41.8 Å². The molecule has 4 unspecified atom stereocenters. The average Bonchev–Trinajstić information content (AvgIpc) is 3.14. The van der Waals surface area contributed by atoms with Crippen LogP contribution < -0.4 is 14.2 Å². The molecule has 2 aliphatic heterocycles. The molecule has 0 saturated carbocycles. The molecule has 15 heteroatoms. The van der Waals surface area contributed by atoms with Crippen molar-refractivity contribution in [3.8, 4) is 17.2 Å². The topological polar surface area (TPSA) is 193 Å². The summed E-state index contributed by atoms with van der Waals surface area (Å²) in [6, 6.07) is 2.11.